The number of nitrogens with one attached hydrogen (secondary N) is 2. The van der Waals surface area contributed by atoms with Crippen molar-refractivity contribution in [2.24, 2.45) is 0 Å². The van der Waals surface area contributed by atoms with Gasteiger partial charge in [0.05, 0.1) is 22.8 Å². The Morgan fingerprint density at radius 2 is 1.09 bits per heavy atom. The Morgan fingerprint density at radius 1 is 0.562 bits per heavy atom. The fourth-order valence-corrected chi connectivity index (χ4v) is 3.89. The van der Waals surface area contributed by atoms with E-state index in [0.29, 0.717) is 0 Å². The van der Waals surface area contributed by atoms with E-state index >= 15 is 0 Å². The molecule has 1 aromatic carbocycles. The summed E-state index contributed by atoms with van der Waals surface area (Å²) in [4.78, 5) is 16.3. The van der Waals surface area contributed by atoms with E-state index in [0.717, 1.165) is 56.0 Å². The zero-order valence-electron chi connectivity index (χ0n) is 16.8. The summed E-state index contributed by atoms with van der Waals surface area (Å²) < 4.78 is 13.5. The molecule has 1 radical (unpaired) electrons. The van der Waals surface area contributed by atoms with Crippen LogP contribution in [-0.4, -0.2) is 19.9 Å². The van der Waals surface area contributed by atoms with E-state index in [4.69, 9.17) is 9.97 Å². The first-order chi connectivity index (χ1) is 15.2. The van der Waals surface area contributed by atoms with Crippen molar-refractivity contribution >= 4 is 46.4 Å². The summed E-state index contributed by atoms with van der Waals surface area (Å²) in [6.45, 7) is 0. The zero-order valence-corrected chi connectivity index (χ0v) is 17.8. The number of hydrogen-bond donors (Lipinski definition) is 2. The number of H-pyrrole nitrogens is 2. The summed E-state index contributed by atoms with van der Waals surface area (Å²) in [6.07, 6.45) is 7.97. The van der Waals surface area contributed by atoms with E-state index in [1.807, 2.05) is 60.7 Å². The molecular weight excluding hydrogens is 446 g/mol. The minimum atomic E-state index is -0.253. The number of hydrogen-bond acceptors (Lipinski definition) is 2. The second-order valence-corrected chi connectivity index (χ2v) is 7.60. The predicted octanol–water partition coefficient (Wildman–Crippen LogP) is 6.46. The van der Waals surface area contributed by atoms with Crippen LogP contribution in [0.3, 0.4) is 0 Å². The molecule has 5 heterocycles. The van der Waals surface area contributed by atoms with Crippen molar-refractivity contribution in [3.05, 3.63) is 95.3 Å². The van der Waals surface area contributed by atoms with Crippen LogP contribution in [0.2, 0.25) is 0 Å². The predicted molar refractivity (Wildman–Crippen MR) is 124 cm³/mol. The van der Waals surface area contributed by atoms with E-state index in [-0.39, 0.29) is 22.6 Å². The molecule has 4 nitrogen and oxygen atoms in total. The molecule has 0 spiro atoms. The topological polar surface area (TPSA) is 57.4 Å². The number of halogens is 1. The van der Waals surface area contributed by atoms with Crippen LogP contribution in [0.1, 0.15) is 22.8 Å². The van der Waals surface area contributed by atoms with E-state index in [9.17, 15) is 4.39 Å². The van der Waals surface area contributed by atoms with Crippen LogP contribution in [-0.2, 0) is 16.8 Å². The summed E-state index contributed by atoms with van der Waals surface area (Å²) in [6, 6.07) is 20.7. The normalized spacial score (nSPS) is 12.0. The molecule has 157 valence electrons. The van der Waals surface area contributed by atoms with Gasteiger partial charge in [0.1, 0.15) is 5.82 Å². The minimum Gasteiger partial charge on any atom is -0.355 e. The Morgan fingerprint density at radius 3 is 1.69 bits per heavy atom. The van der Waals surface area contributed by atoms with Gasteiger partial charge < -0.3 is 9.97 Å². The molecular formula is C26H17CoFN4. The van der Waals surface area contributed by atoms with Gasteiger partial charge in [0, 0.05) is 44.4 Å². The van der Waals surface area contributed by atoms with Crippen LogP contribution in [0, 0.1) is 5.82 Å². The standard InChI is InChI=1S/C26H17FN4.Co/c27-17-3-1-16(2-4-17)25-14-24-13-22-8-7-20(29-22)11-18-5-6-19(28-18)12-21-9-10-23(30-21)15-26(25)31-24;/h1-15,28,31H;. The maximum Gasteiger partial charge on any atom is 0.123 e. The molecule has 0 fully saturated rings. The second kappa shape index (κ2) is 8.07. The molecule has 0 aliphatic carbocycles. The number of aromatic amines is 2. The quantitative estimate of drug-likeness (QED) is 0.294. The average Bonchev–Trinajstić information content (AvgIpc) is 3.54. The smallest absolute Gasteiger partial charge is 0.123 e. The third-order valence-corrected chi connectivity index (χ3v) is 5.32. The molecule has 0 atom stereocenters. The molecule has 6 rings (SSSR count). The van der Waals surface area contributed by atoms with E-state index in [2.05, 4.69) is 16.0 Å². The van der Waals surface area contributed by atoms with Crippen molar-refractivity contribution in [2.45, 2.75) is 0 Å². The largest absolute Gasteiger partial charge is 0.355 e. The third-order valence-electron chi connectivity index (χ3n) is 5.32. The zero-order chi connectivity index (χ0) is 20.8. The molecule has 3 aromatic heterocycles. The molecule has 2 aliphatic rings. The monoisotopic (exact) mass is 463 g/mol. The molecule has 2 aliphatic heterocycles. The van der Waals surface area contributed by atoms with Gasteiger partial charge in [0.25, 0.3) is 0 Å². The number of nitrogens with zero attached hydrogens (tertiary/aromatic N) is 2. The Balaban J connectivity index is 0.00000216. The maximum absolute atomic E-state index is 13.5. The molecule has 4 aromatic rings. The van der Waals surface area contributed by atoms with Crippen molar-refractivity contribution in [1.82, 2.24) is 19.9 Å². The minimum absolute atomic E-state index is 0. The van der Waals surface area contributed by atoms with Crippen molar-refractivity contribution in [3.8, 4) is 11.1 Å². The van der Waals surface area contributed by atoms with Crippen LogP contribution in [0.25, 0.3) is 57.5 Å². The summed E-state index contributed by atoms with van der Waals surface area (Å²) in [5.74, 6) is -0.253. The van der Waals surface area contributed by atoms with Crippen LogP contribution in [0.5, 0.6) is 0 Å². The van der Waals surface area contributed by atoms with Gasteiger partial charge >= 0.3 is 0 Å². The van der Waals surface area contributed by atoms with Crippen molar-refractivity contribution in [1.29, 1.82) is 0 Å². The van der Waals surface area contributed by atoms with Crippen molar-refractivity contribution < 1.29 is 21.2 Å². The number of fused-ring (bicyclic) bond motifs is 8. The van der Waals surface area contributed by atoms with Crippen LogP contribution in [0.15, 0.2) is 66.7 Å². The van der Waals surface area contributed by atoms with Gasteiger partial charge in [-0.15, -0.1) is 0 Å². The Bertz CT molecular complexity index is 1540. The first kappa shape index (κ1) is 20.2. The van der Waals surface area contributed by atoms with Crippen LogP contribution >= 0.6 is 0 Å². The van der Waals surface area contributed by atoms with E-state index in [1.165, 1.54) is 12.1 Å². The molecule has 0 saturated carbocycles. The molecule has 0 unspecified atom stereocenters. The fourth-order valence-electron chi connectivity index (χ4n) is 3.89. The van der Waals surface area contributed by atoms with E-state index < -0.39 is 0 Å². The maximum atomic E-state index is 13.5. The van der Waals surface area contributed by atoms with Crippen molar-refractivity contribution in [3.63, 3.8) is 0 Å². The number of aromatic nitrogens is 4. The van der Waals surface area contributed by atoms with Gasteiger partial charge in [-0.1, -0.05) is 12.1 Å². The first-order valence-corrected chi connectivity index (χ1v) is 10.0. The van der Waals surface area contributed by atoms with Gasteiger partial charge in [-0.2, -0.15) is 0 Å². The SMILES string of the molecule is Fc1ccc(-c2cc3cc4nc(cc5ccc(cc6nc(cc2[nH]3)C=C6)[nH]5)C=C4)cc1.[Co]. The molecule has 0 amide bonds. The molecule has 32 heavy (non-hydrogen) atoms. The Kier molecular flexibility index (Phi) is 5.09. The third kappa shape index (κ3) is 3.93. The summed E-state index contributed by atoms with van der Waals surface area (Å²) >= 11 is 0. The molecule has 2 N–H and O–H groups in total. The summed E-state index contributed by atoms with van der Waals surface area (Å²) in [5, 5.41) is 0. The van der Waals surface area contributed by atoms with Crippen LogP contribution in [0.4, 0.5) is 4.39 Å². The first-order valence-electron chi connectivity index (χ1n) is 10.0. The summed E-state index contributed by atoms with van der Waals surface area (Å²) in [5.41, 5.74) is 9.19. The van der Waals surface area contributed by atoms with Gasteiger partial charge in [0.2, 0.25) is 0 Å². The second-order valence-electron chi connectivity index (χ2n) is 7.60. The molecule has 6 heteroatoms. The molecule has 8 bridgehead atoms. The van der Waals surface area contributed by atoms with Gasteiger partial charge in [-0.25, -0.2) is 14.4 Å². The van der Waals surface area contributed by atoms with Crippen LogP contribution < -0.4 is 0 Å². The van der Waals surface area contributed by atoms with Crippen molar-refractivity contribution in [2.75, 3.05) is 0 Å². The number of rotatable bonds is 1. The molecule has 0 saturated heterocycles. The van der Waals surface area contributed by atoms with Gasteiger partial charge in [0.15, 0.2) is 0 Å². The average molecular weight is 463 g/mol. The number of benzene rings is 1. The van der Waals surface area contributed by atoms with Gasteiger partial charge in [-0.3, -0.25) is 0 Å². The Labute approximate surface area is 193 Å². The fraction of sp³-hybridized carbons (Fsp3) is 0. The van der Waals surface area contributed by atoms with E-state index in [1.54, 1.807) is 12.1 Å². The Hall–Kier alpha value is -3.74. The summed E-state index contributed by atoms with van der Waals surface area (Å²) in [7, 11) is 0. The van der Waals surface area contributed by atoms with Gasteiger partial charge in [-0.05, 0) is 84.5 Å².